The molecule has 1 fully saturated rings. The Bertz CT molecular complexity index is 907. The lowest BCUT2D eigenvalue weighted by atomic mass is 10.0. The molecule has 0 spiro atoms. The third-order valence-electron chi connectivity index (χ3n) is 3.90. The molecule has 2 amide bonds. The van der Waals surface area contributed by atoms with Crippen molar-refractivity contribution in [3.8, 4) is 0 Å². The molecular weight excluding hydrogens is 422 g/mol. The molecule has 1 saturated heterocycles. The summed E-state index contributed by atoms with van der Waals surface area (Å²) >= 11 is 11.5. The predicted octanol–water partition coefficient (Wildman–Crippen LogP) is 3.72. The van der Waals surface area contributed by atoms with Crippen LogP contribution in [0.15, 0.2) is 36.4 Å². The SMILES string of the molecule is O=C1NCC(C(=O)NC(c2ccc(Cl)cc2)c2ccc(Cl)c(C(F)(F)F)n2)O1. The van der Waals surface area contributed by atoms with Gasteiger partial charge in [-0.15, -0.1) is 0 Å². The first kappa shape index (κ1) is 20.2. The number of nitrogens with one attached hydrogen (secondary N) is 2. The number of carbonyl (C=O) groups excluding carboxylic acids is 2. The van der Waals surface area contributed by atoms with E-state index in [9.17, 15) is 22.8 Å². The second-order valence-corrected chi connectivity index (χ2v) is 6.68. The smallest absolute Gasteiger partial charge is 0.434 e. The number of nitrogens with zero attached hydrogens (tertiary/aromatic N) is 1. The van der Waals surface area contributed by atoms with E-state index in [1.54, 1.807) is 0 Å². The predicted molar refractivity (Wildman–Crippen MR) is 94.0 cm³/mol. The number of alkyl carbamates (subject to hydrolysis) is 1. The van der Waals surface area contributed by atoms with Gasteiger partial charge in [-0.1, -0.05) is 35.3 Å². The first-order valence-corrected chi connectivity index (χ1v) is 8.64. The second-order valence-electron chi connectivity index (χ2n) is 5.83. The number of carbonyl (C=O) groups is 2. The fourth-order valence-electron chi connectivity index (χ4n) is 2.57. The molecule has 0 saturated carbocycles. The molecule has 0 aliphatic carbocycles. The van der Waals surface area contributed by atoms with Crippen LogP contribution in [0.25, 0.3) is 0 Å². The fourth-order valence-corrected chi connectivity index (χ4v) is 2.91. The standard InChI is InChI=1S/C17H12Cl2F3N3O3/c18-9-3-1-8(2-4-9)13(25-15(26)12-7-23-16(27)28-12)11-6-5-10(19)14(24-11)17(20,21)22/h1-6,12-13H,7H2,(H,23,27)(H,25,26). The van der Waals surface area contributed by atoms with Gasteiger partial charge >= 0.3 is 12.3 Å². The molecule has 1 aromatic heterocycles. The number of aromatic nitrogens is 1. The third-order valence-corrected chi connectivity index (χ3v) is 4.45. The zero-order valence-corrected chi connectivity index (χ0v) is 15.4. The van der Waals surface area contributed by atoms with Gasteiger partial charge in [0.2, 0.25) is 0 Å². The topological polar surface area (TPSA) is 80.3 Å². The van der Waals surface area contributed by atoms with Crippen LogP contribution in [-0.2, 0) is 15.7 Å². The Balaban J connectivity index is 1.98. The summed E-state index contributed by atoms with van der Waals surface area (Å²) in [5.41, 5.74) is -0.934. The van der Waals surface area contributed by atoms with Gasteiger partial charge in [0.1, 0.15) is 0 Å². The minimum atomic E-state index is -4.77. The third kappa shape index (κ3) is 4.48. The summed E-state index contributed by atoms with van der Waals surface area (Å²) < 4.78 is 44.4. The summed E-state index contributed by atoms with van der Waals surface area (Å²) in [5.74, 6) is -0.691. The van der Waals surface area contributed by atoms with Crippen molar-refractivity contribution in [3.63, 3.8) is 0 Å². The van der Waals surface area contributed by atoms with Gasteiger partial charge in [-0.2, -0.15) is 13.2 Å². The van der Waals surface area contributed by atoms with Crippen molar-refractivity contribution < 1.29 is 27.5 Å². The molecule has 6 nitrogen and oxygen atoms in total. The number of cyclic esters (lactones) is 1. The maximum absolute atomic E-state index is 13.2. The van der Waals surface area contributed by atoms with Crippen molar-refractivity contribution in [1.29, 1.82) is 0 Å². The number of hydrogen-bond donors (Lipinski definition) is 2. The number of amides is 2. The molecule has 3 rings (SSSR count). The monoisotopic (exact) mass is 433 g/mol. The van der Waals surface area contributed by atoms with Crippen LogP contribution < -0.4 is 10.6 Å². The zero-order valence-electron chi connectivity index (χ0n) is 13.9. The lowest BCUT2D eigenvalue weighted by Gasteiger charge is -2.21. The summed E-state index contributed by atoms with van der Waals surface area (Å²) in [6.45, 7) is -0.0557. The summed E-state index contributed by atoms with van der Waals surface area (Å²) in [6.07, 6.45) is -6.64. The first-order valence-electron chi connectivity index (χ1n) is 7.89. The second kappa shape index (κ2) is 7.84. The number of rotatable bonds is 4. The van der Waals surface area contributed by atoms with Crippen molar-refractivity contribution in [3.05, 3.63) is 63.4 Å². The van der Waals surface area contributed by atoms with Gasteiger partial charge in [0.25, 0.3) is 5.91 Å². The Morgan fingerprint density at radius 1 is 1.21 bits per heavy atom. The summed E-state index contributed by atoms with van der Waals surface area (Å²) in [6, 6.07) is 7.39. The van der Waals surface area contributed by atoms with Crippen LogP contribution in [0.1, 0.15) is 23.0 Å². The molecule has 1 aliphatic rings. The van der Waals surface area contributed by atoms with E-state index in [1.165, 1.54) is 30.3 Å². The molecule has 28 heavy (non-hydrogen) atoms. The van der Waals surface area contributed by atoms with E-state index >= 15 is 0 Å². The number of halogens is 5. The van der Waals surface area contributed by atoms with Gasteiger partial charge in [0, 0.05) is 5.02 Å². The lowest BCUT2D eigenvalue weighted by molar-refractivity contribution is -0.141. The van der Waals surface area contributed by atoms with Crippen LogP contribution in [0.5, 0.6) is 0 Å². The molecule has 2 N–H and O–H groups in total. The van der Waals surface area contributed by atoms with E-state index in [0.717, 1.165) is 6.07 Å². The van der Waals surface area contributed by atoms with Crippen LogP contribution in [0.2, 0.25) is 10.0 Å². The summed E-state index contributed by atoms with van der Waals surface area (Å²) in [5, 5.41) is 4.73. The maximum Gasteiger partial charge on any atom is 0.434 e. The summed E-state index contributed by atoms with van der Waals surface area (Å²) in [4.78, 5) is 27.2. The molecule has 2 unspecified atom stereocenters. The Labute approximate surface area is 167 Å². The quantitative estimate of drug-likeness (QED) is 0.769. The molecule has 1 aliphatic heterocycles. The first-order chi connectivity index (χ1) is 13.1. The molecule has 2 atom stereocenters. The molecule has 1 aromatic carbocycles. The van der Waals surface area contributed by atoms with Crippen LogP contribution in [0.3, 0.4) is 0 Å². The fraction of sp³-hybridized carbons (Fsp3) is 0.235. The highest BCUT2D eigenvalue weighted by Crippen LogP contribution is 2.34. The minimum Gasteiger partial charge on any atom is -0.434 e. The molecule has 2 aromatic rings. The van der Waals surface area contributed by atoms with Gasteiger partial charge in [0.05, 0.1) is 23.3 Å². The van der Waals surface area contributed by atoms with E-state index in [2.05, 4.69) is 15.6 Å². The maximum atomic E-state index is 13.2. The van der Waals surface area contributed by atoms with Crippen molar-refractivity contribution in [2.24, 2.45) is 0 Å². The van der Waals surface area contributed by atoms with E-state index in [4.69, 9.17) is 27.9 Å². The highest BCUT2D eigenvalue weighted by atomic mass is 35.5. The number of hydrogen-bond acceptors (Lipinski definition) is 4. The number of ether oxygens (including phenoxy) is 1. The number of alkyl halides is 3. The van der Waals surface area contributed by atoms with E-state index in [0.29, 0.717) is 10.6 Å². The van der Waals surface area contributed by atoms with E-state index < -0.39 is 41.0 Å². The Hall–Kier alpha value is -2.52. The zero-order chi connectivity index (χ0) is 20.5. The van der Waals surface area contributed by atoms with Gasteiger partial charge < -0.3 is 15.4 Å². The molecule has 148 valence electrons. The number of benzene rings is 1. The van der Waals surface area contributed by atoms with Gasteiger partial charge in [-0.3, -0.25) is 4.79 Å². The Morgan fingerprint density at radius 2 is 1.89 bits per heavy atom. The van der Waals surface area contributed by atoms with Gasteiger partial charge in [0.15, 0.2) is 11.8 Å². The van der Waals surface area contributed by atoms with Crippen LogP contribution in [0, 0.1) is 0 Å². The van der Waals surface area contributed by atoms with Gasteiger partial charge in [-0.25, -0.2) is 9.78 Å². The highest BCUT2D eigenvalue weighted by molar-refractivity contribution is 6.31. The average molecular weight is 434 g/mol. The normalized spacial score (nSPS) is 17.6. The van der Waals surface area contributed by atoms with E-state index in [-0.39, 0.29) is 12.2 Å². The molecule has 0 radical (unpaired) electrons. The Morgan fingerprint density at radius 3 is 2.46 bits per heavy atom. The van der Waals surface area contributed by atoms with Crippen molar-refractivity contribution in [2.75, 3.05) is 6.54 Å². The molecule has 11 heteroatoms. The van der Waals surface area contributed by atoms with Crippen molar-refractivity contribution in [2.45, 2.75) is 18.3 Å². The molecule has 0 bridgehead atoms. The minimum absolute atomic E-state index is 0.0557. The van der Waals surface area contributed by atoms with Gasteiger partial charge in [-0.05, 0) is 29.8 Å². The van der Waals surface area contributed by atoms with Crippen LogP contribution in [0.4, 0.5) is 18.0 Å². The largest absolute Gasteiger partial charge is 0.434 e. The lowest BCUT2D eigenvalue weighted by Crippen LogP contribution is -2.39. The average Bonchev–Trinajstić information content (AvgIpc) is 3.07. The van der Waals surface area contributed by atoms with Crippen molar-refractivity contribution >= 4 is 35.2 Å². The van der Waals surface area contributed by atoms with Crippen LogP contribution >= 0.6 is 23.2 Å². The van der Waals surface area contributed by atoms with Crippen molar-refractivity contribution in [1.82, 2.24) is 15.6 Å². The van der Waals surface area contributed by atoms with Crippen LogP contribution in [-0.4, -0.2) is 29.6 Å². The van der Waals surface area contributed by atoms with E-state index in [1.807, 2.05) is 0 Å². The summed E-state index contributed by atoms with van der Waals surface area (Å²) in [7, 11) is 0. The number of pyridine rings is 1. The Kier molecular flexibility index (Phi) is 5.66. The highest BCUT2D eigenvalue weighted by Gasteiger charge is 2.37. The molecule has 2 heterocycles. The molecular formula is C17H12Cl2F3N3O3.